The van der Waals surface area contributed by atoms with E-state index in [-0.39, 0.29) is 11.2 Å². The molecule has 0 aliphatic carbocycles. The summed E-state index contributed by atoms with van der Waals surface area (Å²) in [5.74, 6) is 2.52. The zero-order valence-electron chi connectivity index (χ0n) is 13.5. The molecule has 0 aliphatic rings. The number of allylic oxidation sites excluding steroid dienone is 2. The topological polar surface area (TPSA) is 61.8 Å². The van der Waals surface area contributed by atoms with Crippen molar-refractivity contribution in [3.8, 4) is 12.3 Å². The molecule has 0 spiro atoms. The maximum atomic E-state index is 12.8. The number of rotatable bonds is 5. The van der Waals surface area contributed by atoms with Crippen LogP contribution in [0.15, 0.2) is 26.0 Å². The molecular weight excluding hydrogens is 360 g/mol. The van der Waals surface area contributed by atoms with Gasteiger partial charge in [-0.25, -0.2) is 9.78 Å². The Morgan fingerprint density at radius 2 is 2.04 bits per heavy atom. The summed E-state index contributed by atoms with van der Waals surface area (Å²) >= 11 is 3.37. The molecule has 0 unspecified atom stereocenters. The molecule has 2 heterocycles. The van der Waals surface area contributed by atoms with Crippen LogP contribution in [-0.2, 0) is 20.1 Å². The van der Waals surface area contributed by atoms with E-state index in [0.717, 1.165) is 5.57 Å². The number of terminal acetylenes is 1. The lowest BCUT2D eigenvalue weighted by molar-refractivity contribution is 0.578. The molecule has 122 valence electrons. The summed E-state index contributed by atoms with van der Waals surface area (Å²) in [6.45, 7) is 4.79. The number of fused-ring (bicyclic) bond motifs is 1. The average Bonchev–Trinajstić information content (AvgIpc) is 2.83. The standard InChI is InChI=1S/C16H19BrN4O2/c1-5-6-7-9-21-14(22)12-13(19(4)16(21)23)18-15(17)20(12)10-8-11(2)3/h1,8H,6-7,9-10H2,2-4H3. The number of hydrogen-bond donors (Lipinski definition) is 0. The molecule has 2 rings (SSSR count). The van der Waals surface area contributed by atoms with E-state index >= 15 is 0 Å². The lowest BCUT2D eigenvalue weighted by Crippen LogP contribution is -2.39. The van der Waals surface area contributed by atoms with Gasteiger partial charge in [-0.3, -0.25) is 13.9 Å². The Bertz CT molecular complexity index is 921. The third kappa shape index (κ3) is 3.32. The van der Waals surface area contributed by atoms with E-state index in [2.05, 4.69) is 26.8 Å². The quantitative estimate of drug-likeness (QED) is 0.346. The summed E-state index contributed by atoms with van der Waals surface area (Å²) < 4.78 is 4.92. The second kappa shape index (κ2) is 7.01. The minimum absolute atomic E-state index is 0.303. The van der Waals surface area contributed by atoms with Gasteiger partial charge in [0.25, 0.3) is 5.56 Å². The Kier molecular flexibility index (Phi) is 5.26. The van der Waals surface area contributed by atoms with Crippen LogP contribution >= 0.6 is 15.9 Å². The van der Waals surface area contributed by atoms with Gasteiger partial charge in [-0.1, -0.05) is 11.6 Å². The lowest BCUT2D eigenvalue weighted by atomic mass is 10.3. The highest BCUT2D eigenvalue weighted by molar-refractivity contribution is 9.10. The Hall–Kier alpha value is -2.07. The van der Waals surface area contributed by atoms with Crippen molar-refractivity contribution in [1.82, 2.24) is 18.7 Å². The van der Waals surface area contributed by atoms with Crippen LogP contribution in [-0.4, -0.2) is 18.7 Å². The van der Waals surface area contributed by atoms with Gasteiger partial charge in [-0.15, -0.1) is 12.3 Å². The molecule has 0 fully saturated rings. The molecule has 0 amide bonds. The number of halogens is 1. The molecule has 0 bridgehead atoms. The molecule has 2 aromatic heterocycles. The van der Waals surface area contributed by atoms with E-state index < -0.39 is 0 Å². The van der Waals surface area contributed by atoms with Gasteiger partial charge in [-0.05, 0) is 36.2 Å². The minimum Gasteiger partial charge on any atom is -0.309 e. The van der Waals surface area contributed by atoms with E-state index in [0.29, 0.717) is 41.8 Å². The third-order valence-corrected chi connectivity index (χ3v) is 4.18. The van der Waals surface area contributed by atoms with Crippen LogP contribution in [0.1, 0.15) is 26.7 Å². The Labute approximate surface area is 142 Å². The van der Waals surface area contributed by atoms with Gasteiger partial charge < -0.3 is 4.57 Å². The molecule has 0 aliphatic heterocycles. The van der Waals surface area contributed by atoms with Gasteiger partial charge >= 0.3 is 5.69 Å². The van der Waals surface area contributed by atoms with Gasteiger partial charge in [-0.2, -0.15) is 0 Å². The fraction of sp³-hybridized carbons (Fsp3) is 0.438. The minimum atomic E-state index is -0.376. The molecule has 6 nitrogen and oxygen atoms in total. The first-order chi connectivity index (χ1) is 10.9. The van der Waals surface area contributed by atoms with Crippen LogP contribution in [0.3, 0.4) is 0 Å². The molecule has 0 atom stereocenters. The Morgan fingerprint density at radius 3 is 2.65 bits per heavy atom. The van der Waals surface area contributed by atoms with Gasteiger partial charge in [0, 0.05) is 26.6 Å². The van der Waals surface area contributed by atoms with Gasteiger partial charge in [0.1, 0.15) is 0 Å². The Morgan fingerprint density at radius 1 is 1.35 bits per heavy atom. The molecule has 7 heteroatoms. The van der Waals surface area contributed by atoms with Crippen LogP contribution in [0.25, 0.3) is 11.2 Å². The number of aromatic nitrogens is 4. The molecule has 0 saturated carbocycles. The molecule has 0 aromatic carbocycles. The van der Waals surface area contributed by atoms with Crippen molar-refractivity contribution in [2.45, 2.75) is 39.8 Å². The fourth-order valence-electron chi connectivity index (χ4n) is 2.32. The third-order valence-electron chi connectivity index (χ3n) is 3.57. The largest absolute Gasteiger partial charge is 0.332 e. The van der Waals surface area contributed by atoms with Crippen molar-refractivity contribution in [3.63, 3.8) is 0 Å². The van der Waals surface area contributed by atoms with Crippen molar-refractivity contribution in [1.29, 1.82) is 0 Å². The zero-order chi connectivity index (χ0) is 17.1. The van der Waals surface area contributed by atoms with Crippen LogP contribution in [0.4, 0.5) is 0 Å². The van der Waals surface area contributed by atoms with Crippen molar-refractivity contribution in [2.75, 3.05) is 0 Å². The predicted octanol–water partition coefficient (Wildman–Crippen LogP) is 2.04. The van der Waals surface area contributed by atoms with Crippen LogP contribution in [0, 0.1) is 12.3 Å². The first kappa shape index (κ1) is 17.3. The van der Waals surface area contributed by atoms with Gasteiger partial charge in [0.15, 0.2) is 15.9 Å². The van der Waals surface area contributed by atoms with Gasteiger partial charge in [0.05, 0.1) is 0 Å². The molecule has 23 heavy (non-hydrogen) atoms. The van der Waals surface area contributed by atoms with Crippen molar-refractivity contribution in [3.05, 3.63) is 37.2 Å². The second-order valence-corrected chi connectivity index (χ2v) is 6.26. The zero-order valence-corrected chi connectivity index (χ0v) is 15.1. The van der Waals surface area contributed by atoms with E-state index in [4.69, 9.17) is 6.42 Å². The fourth-order valence-corrected chi connectivity index (χ4v) is 2.81. The maximum Gasteiger partial charge on any atom is 0.332 e. The number of aryl methyl sites for hydroxylation is 1. The van der Waals surface area contributed by atoms with E-state index in [1.165, 1.54) is 9.13 Å². The molecule has 0 saturated heterocycles. The first-order valence-electron chi connectivity index (χ1n) is 7.30. The van der Waals surface area contributed by atoms with Crippen LogP contribution < -0.4 is 11.2 Å². The summed E-state index contributed by atoms with van der Waals surface area (Å²) in [5.41, 5.74) is 1.22. The molecule has 0 N–H and O–H groups in total. The smallest absolute Gasteiger partial charge is 0.309 e. The first-order valence-corrected chi connectivity index (χ1v) is 8.10. The molecule has 0 radical (unpaired) electrons. The van der Waals surface area contributed by atoms with Crippen molar-refractivity contribution in [2.24, 2.45) is 7.05 Å². The monoisotopic (exact) mass is 378 g/mol. The van der Waals surface area contributed by atoms with Crippen LogP contribution in [0.5, 0.6) is 0 Å². The second-order valence-electron chi connectivity index (χ2n) is 5.55. The average molecular weight is 379 g/mol. The lowest BCUT2D eigenvalue weighted by Gasteiger charge is -2.08. The highest BCUT2D eigenvalue weighted by Gasteiger charge is 2.18. The van der Waals surface area contributed by atoms with E-state index in [1.54, 1.807) is 11.6 Å². The number of hydrogen-bond acceptors (Lipinski definition) is 3. The summed E-state index contributed by atoms with van der Waals surface area (Å²) in [4.78, 5) is 29.5. The summed E-state index contributed by atoms with van der Waals surface area (Å²) in [6, 6.07) is 0. The van der Waals surface area contributed by atoms with Crippen LogP contribution in [0.2, 0.25) is 0 Å². The van der Waals surface area contributed by atoms with E-state index in [9.17, 15) is 9.59 Å². The highest BCUT2D eigenvalue weighted by atomic mass is 79.9. The maximum absolute atomic E-state index is 12.8. The highest BCUT2D eigenvalue weighted by Crippen LogP contribution is 2.16. The summed E-state index contributed by atoms with van der Waals surface area (Å²) in [5, 5.41) is 0. The normalized spacial score (nSPS) is 10.7. The van der Waals surface area contributed by atoms with Crippen molar-refractivity contribution >= 4 is 27.1 Å². The summed E-state index contributed by atoms with van der Waals surface area (Å²) in [7, 11) is 1.62. The summed E-state index contributed by atoms with van der Waals surface area (Å²) in [6.07, 6.45) is 8.34. The number of unbranched alkanes of at least 4 members (excludes halogenated alkanes) is 1. The number of nitrogens with zero attached hydrogens (tertiary/aromatic N) is 4. The SMILES string of the molecule is C#CCCCn1c(=O)c2c(nc(Br)n2CC=C(C)C)n(C)c1=O. The van der Waals surface area contributed by atoms with E-state index in [1.807, 2.05) is 19.9 Å². The van der Waals surface area contributed by atoms with Crippen molar-refractivity contribution < 1.29 is 0 Å². The molecule has 2 aromatic rings. The Balaban J connectivity index is 2.69. The number of imidazole rings is 1. The molecular formula is C16H19BrN4O2. The van der Waals surface area contributed by atoms with Gasteiger partial charge in [0.2, 0.25) is 0 Å². The predicted molar refractivity (Wildman–Crippen MR) is 94.4 cm³/mol.